The quantitative estimate of drug-likeness (QED) is 0.471. The summed E-state index contributed by atoms with van der Waals surface area (Å²) in [5, 5.41) is 0.936. The predicted molar refractivity (Wildman–Crippen MR) is 112 cm³/mol. The van der Waals surface area contributed by atoms with Gasteiger partial charge in [0.25, 0.3) is 10.0 Å². The zero-order valence-corrected chi connectivity index (χ0v) is 17.3. The Morgan fingerprint density at radius 2 is 1.81 bits per heavy atom. The molecule has 0 unspecified atom stereocenters. The van der Waals surface area contributed by atoms with Gasteiger partial charge in [-0.25, -0.2) is 18.4 Å². The molecule has 0 saturated carbocycles. The molecule has 11 heteroatoms. The first-order valence-corrected chi connectivity index (χ1v) is 10.6. The highest BCUT2D eigenvalue weighted by atomic mass is 32.2. The van der Waals surface area contributed by atoms with E-state index in [2.05, 4.69) is 19.7 Å². The summed E-state index contributed by atoms with van der Waals surface area (Å²) < 4.78 is 73.1. The lowest BCUT2D eigenvalue weighted by atomic mass is 10.0. The molecule has 0 fully saturated rings. The van der Waals surface area contributed by atoms with Crippen molar-refractivity contribution in [1.29, 1.82) is 0 Å². The SMILES string of the molecule is COc1c(-c2nccc3cc(S(=O)(=O)Nc4ccncn4)ccc23)cccc1C(F)(F)F. The van der Waals surface area contributed by atoms with Crippen LogP contribution in [0.25, 0.3) is 22.0 Å². The van der Waals surface area contributed by atoms with Gasteiger partial charge in [0.05, 0.1) is 23.3 Å². The van der Waals surface area contributed by atoms with E-state index in [0.29, 0.717) is 10.8 Å². The van der Waals surface area contributed by atoms with Crippen LogP contribution in [0.3, 0.4) is 0 Å². The van der Waals surface area contributed by atoms with Gasteiger partial charge in [0, 0.05) is 23.3 Å². The molecule has 7 nitrogen and oxygen atoms in total. The number of para-hydroxylation sites is 1. The number of ether oxygens (including phenoxy) is 1. The van der Waals surface area contributed by atoms with Crippen molar-refractivity contribution in [2.24, 2.45) is 0 Å². The number of aromatic nitrogens is 3. The van der Waals surface area contributed by atoms with Gasteiger partial charge >= 0.3 is 6.18 Å². The van der Waals surface area contributed by atoms with Crippen LogP contribution in [0, 0.1) is 0 Å². The molecule has 0 atom stereocenters. The van der Waals surface area contributed by atoms with Crippen LogP contribution in [0.1, 0.15) is 5.56 Å². The lowest BCUT2D eigenvalue weighted by Gasteiger charge is -2.16. The Balaban J connectivity index is 1.82. The first-order chi connectivity index (χ1) is 15.2. The first kappa shape index (κ1) is 21.5. The zero-order valence-electron chi connectivity index (χ0n) is 16.5. The second kappa shape index (κ2) is 8.08. The molecule has 0 bridgehead atoms. The molecule has 0 aliphatic carbocycles. The number of methoxy groups -OCH3 is 1. The van der Waals surface area contributed by atoms with Gasteiger partial charge in [-0.15, -0.1) is 0 Å². The summed E-state index contributed by atoms with van der Waals surface area (Å²) in [5.41, 5.74) is -0.551. The molecule has 164 valence electrons. The number of rotatable bonds is 5. The van der Waals surface area contributed by atoms with Gasteiger partial charge < -0.3 is 4.74 Å². The Morgan fingerprint density at radius 1 is 1.00 bits per heavy atom. The summed E-state index contributed by atoms with van der Waals surface area (Å²) in [6.45, 7) is 0. The third-order valence-corrected chi connectivity index (χ3v) is 6.00. The zero-order chi connectivity index (χ0) is 22.9. The number of pyridine rings is 1. The summed E-state index contributed by atoms with van der Waals surface area (Å²) in [5.74, 6) is -0.258. The van der Waals surface area contributed by atoms with E-state index in [1.807, 2.05) is 0 Å². The number of nitrogens with zero attached hydrogens (tertiary/aromatic N) is 3. The third kappa shape index (κ3) is 4.06. The van der Waals surface area contributed by atoms with Crippen LogP contribution in [0.5, 0.6) is 5.75 Å². The number of hydrogen-bond donors (Lipinski definition) is 1. The fourth-order valence-electron chi connectivity index (χ4n) is 3.25. The van der Waals surface area contributed by atoms with Crippen LogP contribution in [0.4, 0.5) is 19.0 Å². The predicted octanol–water partition coefficient (Wildman–Crippen LogP) is 4.52. The maximum atomic E-state index is 13.4. The number of alkyl halides is 3. The second-order valence-electron chi connectivity index (χ2n) is 6.63. The Kier molecular flexibility index (Phi) is 5.43. The van der Waals surface area contributed by atoms with Gasteiger partial charge in [-0.2, -0.15) is 13.2 Å². The number of sulfonamides is 1. The summed E-state index contributed by atoms with van der Waals surface area (Å²) in [6, 6.07) is 10.9. The van der Waals surface area contributed by atoms with Crippen LogP contribution < -0.4 is 9.46 Å². The van der Waals surface area contributed by atoms with Crippen molar-refractivity contribution in [2.75, 3.05) is 11.8 Å². The highest BCUT2D eigenvalue weighted by Crippen LogP contribution is 2.42. The van der Waals surface area contributed by atoms with E-state index < -0.39 is 21.8 Å². The number of hydrogen-bond acceptors (Lipinski definition) is 6. The summed E-state index contributed by atoms with van der Waals surface area (Å²) in [7, 11) is -2.80. The second-order valence-corrected chi connectivity index (χ2v) is 8.31. The highest BCUT2D eigenvalue weighted by molar-refractivity contribution is 7.92. The Bertz CT molecular complexity index is 1390. The molecule has 2 aromatic carbocycles. The van der Waals surface area contributed by atoms with Crippen molar-refractivity contribution >= 4 is 26.6 Å². The third-order valence-electron chi connectivity index (χ3n) is 4.65. The van der Waals surface area contributed by atoms with Crippen LogP contribution >= 0.6 is 0 Å². The molecule has 4 rings (SSSR count). The lowest BCUT2D eigenvalue weighted by Crippen LogP contribution is -2.13. The summed E-state index contributed by atoms with van der Waals surface area (Å²) in [6.07, 6.45) is -0.615. The van der Waals surface area contributed by atoms with Gasteiger partial charge in [0.15, 0.2) is 0 Å². The molecule has 4 aromatic rings. The minimum Gasteiger partial charge on any atom is -0.495 e. The molecule has 0 saturated heterocycles. The van der Waals surface area contributed by atoms with E-state index in [1.54, 1.807) is 6.07 Å². The number of benzene rings is 2. The van der Waals surface area contributed by atoms with Crippen molar-refractivity contribution in [1.82, 2.24) is 15.0 Å². The molecule has 2 aromatic heterocycles. The molecule has 0 aliphatic heterocycles. The van der Waals surface area contributed by atoms with Crippen molar-refractivity contribution in [3.8, 4) is 17.0 Å². The smallest absolute Gasteiger partial charge is 0.419 e. The van der Waals surface area contributed by atoms with E-state index >= 15 is 0 Å². The van der Waals surface area contributed by atoms with Gasteiger partial charge in [0.2, 0.25) is 0 Å². The largest absolute Gasteiger partial charge is 0.495 e. The van der Waals surface area contributed by atoms with E-state index in [1.165, 1.54) is 55.1 Å². The standard InChI is InChI=1S/C21H15F3N4O3S/c1-31-20-16(3-2-4-17(20)21(22,23)24)19-15-6-5-14(11-13(15)7-10-26-19)32(29,30)28-18-8-9-25-12-27-18/h2-12H,1H3,(H,25,27,28). The van der Waals surface area contributed by atoms with Crippen LogP contribution in [-0.2, 0) is 16.2 Å². The molecule has 32 heavy (non-hydrogen) atoms. The average molecular weight is 460 g/mol. The van der Waals surface area contributed by atoms with Crippen molar-refractivity contribution < 1.29 is 26.3 Å². The molecular weight excluding hydrogens is 445 g/mol. The topological polar surface area (TPSA) is 94.1 Å². The molecule has 1 N–H and O–H groups in total. The van der Waals surface area contributed by atoms with Gasteiger partial charge in [-0.1, -0.05) is 12.1 Å². The fraction of sp³-hybridized carbons (Fsp3) is 0.0952. The van der Waals surface area contributed by atoms with Crippen LogP contribution in [-0.4, -0.2) is 30.5 Å². The van der Waals surface area contributed by atoms with Gasteiger partial charge in [-0.3, -0.25) is 9.71 Å². The maximum Gasteiger partial charge on any atom is 0.419 e. The molecular formula is C21H15F3N4O3S. The first-order valence-electron chi connectivity index (χ1n) is 9.13. The Hall–Kier alpha value is -3.73. The fourth-order valence-corrected chi connectivity index (χ4v) is 4.30. The van der Waals surface area contributed by atoms with Gasteiger partial charge in [-0.05, 0) is 41.8 Å². The average Bonchev–Trinajstić information content (AvgIpc) is 2.77. The summed E-state index contributed by atoms with van der Waals surface area (Å²) >= 11 is 0. The number of fused-ring (bicyclic) bond motifs is 1. The van der Waals surface area contributed by atoms with Crippen molar-refractivity contribution in [3.05, 3.63) is 72.8 Å². The monoisotopic (exact) mass is 460 g/mol. The molecule has 0 amide bonds. The van der Waals surface area contributed by atoms with Crippen LogP contribution in [0.2, 0.25) is 0 Å². The van der Waals surface area contributed by atoms with E-state index in [-0.39, 0.29) is 27.7 Å². The maximum absolute atomic E-state index is 13.4. The van der Waals surface area contributed by atoms with E-state index in [9.17, 15) is 21.6 Å². The number of anilines is 1. The molecule has 0 spiro atoms. The van der Waals surface area contributed by atoms with Crippen molar-refractivity contribution in [2.45, 2.75) is 11.1 Å². The van der Waals surface area contributed by atoms with E-state index in [0.717, 1.165) is 13.2 Å². The van der Waals surface area contributed by atoms with E-state index in [4.69, 9.17) is 4.74 Å². The number of halogens is 3. The normalized spacial score (nSPS) is 12.0. The Labute approximate surface area is 181 Å². The minimum atomic E-state index is -4.61. The molecule has 2 heterocycles. The number of nitrogens with one attached hydrogen (secondary N) is 1. The molecule has 0 aliphatic rings. The highest BCUT2D eigenvalue weighted by Gasteiger charge is 2.35. The summed E-state index contributed by atoms with van der Waals surface area (Å²) in [4.78, 5) is 11.8. The van der Waals surface area contributed by atoms with Gasteiger partial charge in [0.1, 0.15) is 17.9 Å². The van der Waals surface area contributed by atoms with Crippen molar-refractivity contribution in [3.63, 3.8) is 0 Å². The Morgan fingerprint density at radius 3 is 2.50 bits per heavy atom. The van der Waals surface area contributed by atoms with Crippen LogP contribution in [0.15, 0.2) is 72.1 Å². The lowest BCUT2D eigenvalue weighted by molar-refractivity contribution is -0.138. The molecule has 0 radical (unpaired) electrons. The minimum absolute atomic E-state index is 0.0447.